The molecule has 0 aliphatic carbocycles. The van der Waals surface area contributed by atoms with Crippen molar-refractivity contribution in [2.45, 2.75) is 65.1 Å². The van der Waals surface area contributed by atoms with E-state index in [1.54, 1.807) is 6.07 Å². The molecule has 7 heteroatoms. The van der Waals surface area contributed by atoms with Gasteiger partial charge in [-0.3, -0.25) is 0 Å². The molecule has 1 fully saturated rings. The van der Waals surface area contributed by atoms with E-state index in [1.807, 2.05) is 60.6 Å². The Labute approximate surface area is 148 Å². The van der Waals surface area contributed by atoms with Gasteiger partial charge in [-0.05, 0) is 39.2 Å². The number of fused-ring (bicyclic) bond motifs is 1. The number of aromatic nitrogens is 2. The van der Waals surface area contributed by atoms with Crippen molar-refractivity contribution in [2.75, 3.05) is 0 Å². The molecule has 2 aromatic rings. The fourth-order valence-corrected chi connectivity index (χ4v) is 3.03. The van der Waals surface area contributed by atoms with Crippen molar-refractivity contribution in [3.05, 3.63) is 23.9 Å². The van der Waals surface area contributed by atoms with Gasteiger partial charge in [-0.25, -0.2) is 4.79 Å². The van der Waals surface area contributed by atoms with Crippen LogP contribution in [0, 0.1) is 0 Å². The molecule has 0 atom stereocenters. The fraction of sp³-hybridized carbons (Fsp3) is 0.556. The normalized spacial score (nSPS) is 19.6. The number of rotatable bonds is 1. The summed E-state index contributed by atoms with van der Waals surface area (Å²) < 4.78 is 13.4. The highest BCUT2D eigenvalue weighted by Crippen LogP contribution is 2.38. The largest absolute Gasteiger partial charge is 0.495 e. The highest BCUT2D eigenvalue weighted by atomic mass is 16.7. The zero-order valence-electron chi connectivity index (χ0n) is 15.9. The predicted molar refractivity (Wildman–Crippen MR) is 97.6 cm³/mol. The van der Waals surface area contributed by atoms with Crippen molar-refractivity contribution < 1.29 is 19.2 Å². The summed E-state index contributed by atoms with van der Waals surface area (Å²) in [5, 5.41) is 14.7. The molecule has 6 nitrogen and oxygen atoms in total. The minimum atomic E-state index is -1.11. The lowest BCUT2D eigenvalue weighted by Gasteiger charge is -2.32. The van der Waals surface area contributed by atoms with Crippen LogP contribution in [0.15, 0.2) is 18.2 Å². The first kappa shape index (κ1) is 18.0. The summed E-state index contributed by atoms with van der Waals surface area (Å²) in [6, 6.07) is 5.50. The first-order valence-electron chi connectivity index (χ1n) is 8.46. The van der Waals surface area contributed by atoms with Crippen LogP contribution in [0.5, 0.6) is 0 Å². The van der Waals surface area contributed by atoms with Crippen molar-refractivity contribution in [1.29, 1.82) is 0 Å². The number of carboxylic acid groups (broad SMARTS) is 1. The first-order chi connectivity index (χ1) is 11.3. The SMILES string of the molecule is CC(C)(C)c1nn(C(=O)O)c2cccc(B3OC(C)(C)C(C)(C)O3)c12. The molecule has 0 radical (unpaired) electrons. The fourth-order valence-electron chi connectivity index (χ4n) is 3.03. The molecule has 2 heterocycles. The summed E-state index contributed by atoms with van der Waals surface area (Å²) in [4.78, 5) is 11.6. The molecule has 0 unspecified atom stereocenters. The van der Waals surface area contributed by atoms with Crippen LogP contribution in [0.1, 0.15) is 54.2 Å². The first-order valence-corrected chi connectivity index (χ1v) is 8.46. The molecule has 0 bridgehead atoms. The van der Waals surface area contributed by atoms with E-state index in [1.165, 1.54) is 0 Å². The molecule has 3 rings (SSSR count). The van der Waals surface area contributed by atoms with Gasteiger partial charge in [-0.2, -0.15) is 9.78 Å². The lowest BCUT2D eigenvalue weighted by Crippen LogP contribution is -2.41. The second kappa shape index (κ2) is 5.32. The third kappa shape index (κ3) is 2.75. The molecule has 134 valence electrons. The van der Waals surface area contributed by atoms with Crippen LogP contribution in [0.25, 0.3) is 10.9 Å². The number of carbonyl (C=O) groups is 1. The third-order valence-corrected chi connectivity index (χ3v) is 5.14. The minimum absolute atomic E-state index is 0.321. The van der Waals surface area contributed by atoms with Gasteiger partial charge in [-0.1, -0.05) is 32.9 Å². The summed E-state index contributed by atoms with van der Waals surface area (Å²) in [5.74, 6) is 0. The Morgan fingerprint density at radius 2 is 1.72 bits per heavy atom. The van der Waals surface area contributed by atoms with Gasteiger partial charge in [0, 0.05) is 10.8 Å². The Bertz CT molecular complexity index is 833. The van der Waals surface area contributed by atoms with Crippen molar-refractivity contribution >= 4 is 29.6 Å². The lowest BCUT2D eigenvalue weighted by molar-refractivity contribution is 0.00578. The summed E-state index contributed by atoms with van der Waals surface area (Å²) in [5.41, 5.74) is 0.821. The molecular weight excluding hydrogens is 319 g/mol. The Kier molecular flexibility index (Phi) is 3.82. The van der Waals surface area contributed by atoms with Gasteiger partial charge in [0.25, 0.3) is 0 Å². The number of benzene rings is 1. The summed E-state index contributed by atoms with van der Waals surface area (Å²) >= 11 is 0. The van der Waals surface area contributed by atoms with Crippen molar-refractivity contribution in [3.63, 3.8) is 0 Å². The van der Waals surface area contributed by atoms with Gasteiger partial charge in [0.05, 0.1) is 22.4 Å². The Morgan fingerprint density at radius 3 is 2.20 bits per heavy atom. The van der Waals surface area contributed by atoms with Gasteiger partial charge in [0.2, 0.25) is 0 Å². The summed E-state index contributed by atoms with van der Waals surface area (Å²) in [6.07, 6.45) is -1.11. The number of nitrogens with zero attached hydrogens (tertiary/aromatic N) is 2. The molecular formula is C18H25BN2O4. The average molecular weight is 344 g/mol. The second-order valence-corrected chi connectivity index (χ2v) is 8.62. The van der Waals surface area contributed by atoms with E-state index >= 15 is 0 Å². The van der Waals surface area contributed by atoms with E-state index in [-0.39, 0.29) is 5.41 Å². The van der Waals surface area contributed by atoms with Gasteiger partial charge in [0.15, 0.2) is 0 Å². The molecule has 1 N–H and O–H groups in total. The Hall–Kier alpha value is -1.86. The standard InChI is InChI=1S/C18H25BN2O4/c1-16(2,3)14-13-11(19-24-17(4,5)18(6,7)25-19)9-8-10-12(13)21(20-14)15(22)23/h8-10H,1-7H3,(H,22,23). The maximum absolute atomic E-state index is 11.6. The zero-order chi connectivity index (χ0) is 18.8. The Balaban J connectivity index is 2.26. The van der Waals surface area contributed by atoms with Crippen LogP contribution in [-0.2, 0) is 14.7 Å². The van der Waals surface area contributed by atoms with E-state index in [9.17, 15) is 9.90 Å². The highest BCUT2D eigenvalue weighted by Gasteiger charge is 2.52. The van der Waals surface area contributed by atoms with Crippen LogP contribution in [0.4, 0.5) is 4.79 Å². The molecule has 1 aliphatic rings. The summed E-state index contributed by atoms with van der Waals surface area (Å²) in [7, 11) is -0.568. The molecule has 0 spiro atoms. The van der Waals surface area contributed by atoms with E-state index in [4.69, 9.17) is 9.31 Å². The molecule has 1 saturated heterocycles. The molecule has 0 amide bonds. The van der Waals surface area contributed by atoms with Gasteiger partial charge in [0.1, 0.15) is 0 Å². The number of hydrogen-bond acceptors (Lipinski definition) is 4. The monoisotopic (exact) mass is 344 g/mol. The highest BCUT2D eigenvalue weighted by molar-refractivity contribution is 6.65. The van der Waals surface area contributed by atoms with E-state index < -0.39 is 24.4 Å². The predicted octanol–water partition coefficient (Wildman–Crippen LogP) is 3.16. The van der Waals surface area contributed by atoms with Gasteiger partial charge < -0.3 is 14.4 Å². The zero-order valence-corrected chi connectivity index (χ0v) is 15.9. The maximum atomic E-state index is 11.6. The number of hydrogen-bond donors (Lipinski definition) is 1. The maximum Gasteiger partial charge on any atom is 0.495 e. The van der Waals surface area contributed by atoms with Crippen LogP contribution >= 0.6 is 0 Å². The molecule has 1 aromatic heterocycles. The van der Waals surface area contributed by atoms with Crippen LogP contribution in [0.2, 0.25) is 0 Å². The van der Waals surface area contributed by atoms with E-state index in [0.29, 0.717) is 5.52 Å². The Morgan fingerprint density at radius 1 is 1.16 bits per heavy atom. The summed E-state index contributed by atoms with van der Waals surface area (Å²) in [6.45, 7) is 14.0. The van der Waals surface area contributed by atoms with Crippen LogP contribution < -0.4 is 5.46 Å². The smallest absolute Gasteiger partial charge is 0.463 e. The van der Waals surface area contributed by atoms with Crippen molar-refractivity contribution in [3.8, 4) is 0 Å². The third-order valence-electron chi connectivity index (χ3n) is 5.14. The van der Waals surface area contributed by atoms with E-state index in [0.717, 1.165) is 21.2 Å². The molecule has 1 aromatic carbocycles. The second-order valence-electron chi connectivity index (χ2n) is 8.62. The van der Waals surface area contributed by atoms with Crippen molar-refractivity contribution in [1.82, 2.24) is 9.78 Å². The molecule has 25 heavy (non-hydrogen) atoms. The van der Waals surface area contributed by atoms with Crippen molar-refractivity contribution in [2.24, 2.45) is 0 Å². The topological polar surface area (TPSA) is 73.6 Å². The lowest BCUT2D eigenvalue weighted by atomic mass is 9.74. The molecule has 0 saturated carbocycles. The van der Waals surface area contributed by atoms with Gasteiger partial charge in [-0.15, -0.1) is 0 Å². The van der Waals surface area contributed by atoms with Crippen LogP contribution in [0.3, 0.4) is 0 Å². The van der Waals surface area contributed by atoms with E-state index in [2.05, 4.69) is 5.10 Å². The minimum Gasteiger partial charge on any atom is -0.463 e. The average Bonchev–Trinajstić information content (AvgIpc) is 2.94. The van der Waals surface area contributed by atoms with Gasteiger partial charge >= 0.3 is 13.2 Å². The molecule has 1 aliphatic heterocycles. The van der Waals surface area contributed by atoms with Crippen LogP contribution in [-0.4, -0.2) is 39.3 Å². The quantitative estimate of drug-likeness (QED) is 0.805.